The molecule has 1 heterocycles. The van der Waals surface area contributed by atoms with E-state index in [2.05, 4.69) is 16.2 Å². The molecule has 0 bridgehead atoms. The first-order valence-corrected chi connectivity index (χ1v) is 6.03. The lowest BCUT2D eigenvalue weighted by molar-refractivity contribution is -0.112. The summed E-state index contributed by atoms with van der Waals surface area (Å²) in [6.07, 6.45) is -2.09. The summed E-state index contributed by atoms with van der Waals surface area (Å²) in [6.45, 7) is 9.28. The lowest BCUT2D eigenvalue weighted by Crippen LogP contribution is -2.53. The molecule has 1 unspecified atom stereocenters. The Morgan fingerprint density at radius 2 is 2.00 bits per heavy atom. The molecular weight excluding hydrogens is 238 g/mol. The number of hydrogen-bond donors (Lipinski definition) is 4. The minimum Gasteiger partial charge on any atom is -0.444 e. The van der Waals surface area contributed by atoms with E-state index in [1.165, 1.54) is 0 Å². The van der Waals surface area contributed by atoms with Crippen LogP contribution in [-0.4, -0.2) is 35.5 Å². The maximum absolute atomic E-state index is 11.7. The summed E-state index contributed by atoms with van der Waals surface area (Å²) in [5.74, 6) is 0.113. The normalized spacial score (nSPS) is 26.2. The number of amides is 1. The highest BCUT2D eigenvalue weighted by Gasteiger charge is 2.34. The van der Waals surface area contributed by atoms with Crippen molar-refractivity contribution in [3.63, 3.8) is 0 Å². The second-order valence-corrected chi connectivity index (χ2v) is 5.61. The topological polar surface area (TPSA) is 91.9 Å². The van der Waals surface area contributed by atoms with Gasteiger partial charge in [-0.1, -0.05) is 13.8 Å². The zero-order chi connectivity index (χ0) is 13.9. The molecule has 0 aromatic rings. The number of ether oxygens (including phenoxy) is 2. The van der Waals surface area contributed by atoms with E-state index in [1.54, 1.807) is 20.8 Å². The number of rotatable bonds is 3. The second kappa shape index (κ2) is 5.83. The molecule has 1 rings (SSSR count). The first kappa shape index (κ1) is 15.2. The number of nitrogens with one attached hydrogen (secondary N) is 3. The summed E-state index contributed by atoms with van der Waals surface area (Å²) in [7, 11) is 0. The predicted octanol–water partition coefficient (Wildman–Crippen LogP) is 0.262. The molecule has 0 aromatic carbocycles. The van der Waals surface area contributed by atoms with Gasteiger partial charge >= 0.3 is 6.09 Å². The van der Waals surface area contributed by atoms with Crippen LogP contribution in [0.4, 0.5) is 4.79 Å². The van der Waals surface area contributed by atoms with Gasteiger partial charge in [0.2, 0.25) is 6.41 Å². The Morgan fingerprint density at radius 3 is 2.39 bits per heavy atom. The number of carbonyl (C=O) groups is 1. The van der Waals surface area contributed by atoms with Gasteiger partial charge in [0.15, 0.2) is 0 Å². The summed E-state index contributed by atoms with van der Waals surface area (Å²) in [4.78, 5) is 11.7. The van der Waals surface area contributed by atoms with Crippen LogP contribution in [0.2, 0.25) is 0 Å². The van der Waals surface area contributed by atoms with Gasteiger partial charge < -0.3 is 19.9 Å². The maximum atomic E-state index is 11.7. The standard InChI is InChI=1S/C11H23N3O4/c1-6(2)7(8-13-14-10(16)17-8)12-9(15)18-11(3,4)5/h6-8,10,13-14,16H,1-5H3,(H,12,15)/t7-,8?,10+/m0/s1. The lowest BCUT2D eigenvalue weighted by atomic mass is 10.0. The Hall–Kier alpha value is -0.890. The Labute approximate surface area is 107 Å². The average Bonchev–Trinajstić information content (AvgIpc) is 2.57. The number of carbonyl (C=O) groups excluding carboxylic acids is 1. The number of aliphatic hydroxyl groups excluding tert-OH is 1. The van der Waals surface area contributed by atoms with Crippen molar-refractivity contribution >= 4 is 6.09 Å². The van der Waals surface area contributed by atoms with Crippen molar-refractivity contribution in [1.82, 2.24) is 16.2 Å². The zero-order valence-corrected chi connectivity index (χ0v) is 11.5. The predicted molar refractivity (Wildman–Crippen MR) is 65.1 cm³/mol. The number of alkyl carbamates (subject to hydrolysis) is 1. The Bertz CT molecular complexity index is 291. The van der Waals surface area contributed by atoms with Crippen LogP contribution in [0.5, 0.6) is 0 Å². The largest absolute Gasteiger partial charge is 0.444 e. The van der Waals surface area contributed by atoms with Crippen molar-refractivity contribution in [3.05, 3.63) is 0 Å². The summed E-state index contributed by atoms with van der Waals surface area (Å²) < 4.78 is 10.4. The third-order valence-electron chi connectivity index (χ3n) is 2.35. The summed E-state index contributed by atoms with van der Waals surface area (Å²) >= 11 is 0. The Morgan fingerprint density at radius 1 is 1.39 bits per heavy atom. The van der Waals surface area contributed by atoms with Gasteiger partial charge in [-0.3, -0.25) is 0 Å². The first-order valence-electron chi connectivity index (χ1n) is 6.03. The molecule has 3 atom stereocenters. The lowest BCUT2D eigenvalue weighted by Gasteiger charge is -2.28. The van der Waals surface area contributed by atoms with E-state index in [0.717, 1.165) is 0 Å². The maximum Gasteiger partial charge on any atom is 0.408 e. The van der Waals surface area contributed by atoms with Crippen molar-refractivity contribution < 1.29 is 19.4 Å². The summed E-state index contributed by atoms with van der Waals surface area (Å²) in [6, 6.07) is -0.315. The molecule has 7 nitrogen and oxygen atoms in total. The fraction of sp³-hybridized carbons (Fsp3) is 0.909. The molecule has 106 valence electrons. The van der Waals surface area contributed by atoms with Crippen LogP contribution in [0.1, 0.15) is 34.6 Å². The molecule has 0 aromatic heterocycles. The van der Waals surface area contributed by atoms with E-state index in [0.29, 0.717) is 0 Å². The van der Waals surface area contributed by atoms with E-state index < -0.39 is 24.3 Å². The molecule has 1 saturated heterocycles. The van der Waals surface area contributed by atoms with Gasteiger partial charge in [-0.05, 0) is 26.7 Å². The molecule has 18 heavy (non-hydrogen) atoms. The van der Waals surface area contributed by atoms with E-state index in [9.17, 15) is 9.90 Å². The van der Waals surface area contributed by atoms with E-state index >= 15 is 0 Å². The van der Waals surface area contributed by atoms with E-state index in [1.807, 2.05) is 13.8 Å². The molecule has 4 N–H and O–H groups in total. The van der Waals surface area contributed by atoms with Crippen molar-refractivity contribution in [2.75, 3.05) is 0 Å². The number of hydrazine groups is 1. The van der Waals surface area contributed by atoms with Gasteiger partial charge in [-0.2, -0.15) is 0 Å². The fourth-order valence-corrected chi connectivity index (χ4v) is 1.57. The van der Waals surface area contributed by atoms with E-state index in [-0.39, 0.29) is 12.0 Å². The van der Waals surface area contributed by atoms with E-state index in [4.69, 9.17) is 9.47 Å². The molecule has 0 radical (unpaired) electrons. The van der Waals surface area contributed by atoms with Crippen LogP contribution in [0.15, 0.2) is 0 Å². The highest BCUT2D eigenvalue weighted by Crippen LogP contribution is 2.13. The monoisotopic (exact) mass is 261 g/mol. The smallest absolute Gasteiger partial charge is 0.408 e. The first-order chi connectivity index (χ1) is 8.19. The number of aliphatic hydroxyl groups is 1. The van der Waals surface area contributed by atoms with Gasteiger partial charge in [-0.15, -0.1) is 0 Å². The van der Waals surface area contributed by atoms with Crippen LogP contribution in [-0.2, 0) is 9.47 Å². The molecule has 1 amide bonds. The molecule has 0 spiro atoms. The Balaban J connectivity index is 2.56. The van der Waals surface area contributed by atoms with Crippen LogP contribution < -0.4 is 16.2 Å². The minimum absolute atomic E-state index is 0.113. The molecule has 0 aliphatic carbocycles. The van der Waals surface area contributed by atoms with Gasteiger partial charge in [0, 0.05) is 0 Å². The van der Waals surface area contributed by atoms with Crippen molar-refractivity contribution in [2.24, 2.45) is 5.92 Å². The van der Waals surface area contributed by atoms with Crippen LogP contribution in [0.3, 0.4) is 0 Å². The summed E-state index contributed by atoms with van der Waals surface area (Å²) in [5, 5.41) is 11.9. The average molecular weight is 261 g/mol. The fourth-order valence-electron chi connectivity index (χ4n) is 1.57. The molecule has 7 heteroatoms. The van der Waals surface area contributed by atoms with Crippen LogP contribution in [0.25, 0.3) is 0 Å². The van der Waals surface area contributed by atoms with Crippen LogP contribution in [0, 0.1) is 5.92 Å². The number of hydrogen-bond acceptors (Lipinski definition) is 6. The SMILES string of the molecule is CC(C)[C@H](NC(=O)OC(C)(C)C)C1NN[C@H](O)O1. The van der Waals surface area contributed by atoms with Crippen molar-refractivity contribution in [3.8, 4) is 0 Å². The quantitative estimate of drug-likeness (QED) is 0.582. The van der Waals surface area contributed by atoms with Crippen molar-refractivity contribution in [2.45, 2.75) is 58.9 Å². The highest BCUT2D eigenvalue weighted by molar-refractivity contribution is 5.68. The van der Waals surface area contributed by atoms with Gasteiger partial charge in [-0.25, -0.2) is 15.6 Å². The van der Waals surface area contributed by atoms with Crippen LogP contribution >= 0.6 is 0 Å². The van der Waals surface area contributed by atoms with Crippen molar-refractivity contribution in [1.29, 1.82) is 0 Å². The van der Waals surface area contributed by atoms with Gasteiger partial charge in [0.25, 0.3) is 0 Å². The second-order valence-electron chi connectivity index (χ2n) is 5.61. The molecule has 1 aliphatic heterocycles. The molecule has 0 saturated carbocycles. The molecule has 1 fully saturated rings. The Kier molecular flexibility index (Phi) is 4.92. The third kappa shape index (κ3) is 4.77. The zero-order valence-electron chi connectivity index (χ0n) is 11.5. The summed E-state index contributed by atoms with van der Waals surface area (Å²) in [5.41, 5.74) is 4.73. The molecular formula is C11H23N3O4. The minimum atomic E-state index is -1.07. The third-order valence-corrected chi connectivity index (χ3v) is 2.35. The van der Waals surface area contributed by atoms with Gasteiger partial charge in [0.1, 0.15) is 11.8 Å². The van der Waals surface area contributed by atoms with Gasteiger partial charge in [0.05, 0.1) is 6.04 Å². The molecule has 1 aliphatic rings. The highest BCUT2D eigenvalue weighted by atomic mass is 16.7.